The van der Waals surface area contributed by atoms with E-state index in [-0.39, 0.29) is 24.1 Å². The summed E-state index contributed by atoms with van der Waals surface area (Å²) in [5.74, 6) is 0.374. The van der Waals surface area contributed by atoms with E-state index in [2.05, 4.69) is 25.8 Å². The maximum absolute atomic E-state index is 12.5. The number of ether oxygens (including phenoxy) is 1. The molecule has 3 fully saturated rings. The van der Waals surface area contributed by atoms with E-state index in [1.54, 1.807) is 0 Å². The van der Waals surface area contributed by atoms with Crippen molar-refractivity contribution in [3.8, 4) is 0 Å². The van der Waals surface area contributed by atoms with Crippen LogP contribution in [0.25, 0.3) is 0 Å². The van der Waals surface area contributed by atoms with Gasteiger partial charge >= 0.3 is 0 Å². The molecule has 4 rings (SSSR count). The van der Waals surface area contributed by atoms with Crippen LogP contribution in [0.3, 0.4) is 0 Å². The molecule has 0 radical (unpaired) electrons. The van der Waals surface area contributed by atoms with Gasteiger partial charge in [-0.3, -0.25) is 4.79 Å². The van der Waals surface area contributed by atoms with Crippen LogP contribution < -0.4 is 11.1 Å². The summed E-state index contributed by atoms with van der Waals surface area (Å²) in [6.45, 7) is 0.763. The summed E-state index contributed by atoms with van der Waals surface area (Å²) in [4.78, 5) is 12.5. The standard InChI is InChI=1S/C14H18BrN3O2/c15-7-5-10(18(6-7)8-1-2-8)14(19)17-12-11(16)9-3-4-20-13(9)12/h5-6,8-9,11-13H,1-4,16H2,(H,17,19). The summed E-state index contributed by atoms with van der Waals surface area (Å²) in [6.07, 6.45) is 5.42. The van der Waals surface area contributed by atoms with E-state index < -0.39 is 0 Å². The molecule has 0 spiro atoms. The second-order valence-corrected chi connectivity index (χ2v) is 6.96. The van der Waals surface area contributed by atoms with Crippen molar-refractivity contribution in [2.24, 2.45) is 11.7 Å². The molecule has 6 heteroatoms. The van der Waals surface area contributed by atoms with Gasteiger partial charge in [0.15, 0.2) is 0 Å². The van der Waals surface area contributed by atoms with Gasteiger partial charge in [0.2, 0.25) is 0 Å². The van der Waals surface area contributed by atoms with Gasteiger partial charge in [-0.05, 0) is 41.3 Å². The van der Waals surface area contributed by atoms with Gasteiger partial charge in [-0.2, -0.15) is 0 Å². The molecule has 3 aliphatic rings. The number of nitrogens with two attached hydrogens (primary N) is 1. The number of hydrogen-bond acceptors (Lipinski definition) is 3. The lowest BCUT2D eigenvalue weighted by Gasteiger charge is -2.45. The van der Waals surface area contributed by atoms with E-state index in [1.165, 1.54) is 0 Å². The molecule has 0 bridgehead atoms. The van der Waals surface area contributed by atoms with Gasteiger partial charge < -0.3 is 20.4 Å². The Bertz CT molecular complexity index is 555. The Balaban J connectivity index is 1.50. The summed E-state index contributed by atoms with van der Waals surface area (Å²) in [5.41, 5.74) is 6.85. The number of nitrogens with one attached hydrogen (secondary N) is 1. The molecule has 1 aromatic rings. The maximum Gasteiger partial charge on any atom is 0.268 e. The third-order valence-electron chi connectivity index (χ3n) is 4.73. The Morgan fingerprint density at radius 2 is 2.25 bits per heavy atom. The number of nitrogens with zero attached hydrogens (tertiary/aromatic N) is 1. The summed E-state index contributed by atoms with van der Waals surface area (Å²) in [5, 5.41) is 3.06. The highest BCUT2D eigenvalue weighted by molar-refractivity contribution is 9.10. The second kappa shape index (κ2) is 4.58. The molecule has 1 aliphatic heterocycles. The van der Waals surface area contributed by atoms with E-state index in [1.807, 2.05) is 12.3 Å². The number of carbonyl (C=O) groups excluding carboxylic acids is 1. The molecule has 2 heterocycles. The zero-order valence-electron chi connectivity index (χ0n) is 11.1. The van der Waals surface area contributed by atoms with Gasteiger partial charge in [-0.15, -0.1) is 0 Å². The lowest BCUT2D eigenvalue weighted by molar-refractivity contribution is -0.0162. The average Bonchev–Trinajstić information content (AvgIpc) is 3.06. The van der Waals surface area contributed by atoms with Crippen LogP contribution in [-0.2, 0) is 4.74 Å². The Hall–Kier alpha value is -0.850. The molecule has 108 valence electrons. The van der Waals surface area contributed by atoms with Crippen LogP contribution in [0.2, 0.25) is 0 Å². The zero-order valence-corrected chi connectivity index (χ0v) is 12.7. The van der Waals surface area contributed by atoms with E-state index in [0.29, 0.717) is 17.7 Å². The van der Waals surface area contributed by atoms with Crippen molar-refractivity contribution in [3.05, 3.63) is 22.4 Å². The molecule has 1 amide bonds. The van der Waals surface area contributed by atoms with Gasteiger partial charge in [-0.25, -0.2) is 0 Å². The maximum atomic E-state index is 12.5. The molecule has 4 unspecified atom stereocenters. The molecular formula is C14H18BrN3O2. The lowest BCUT2D eigenvalue weighted by Crippen LogP contribution is -2.69. The SMILES string of the molecule is NC1C2CCOC2C1NC(=O)c1cc(Br)cn1C1CC1. The van der Waals surface area contributed by atoms with Crippen LogP contribution in [0, 0.1) is 5.92 Å². The van der Waals surface area contributed by atoms with Gasteiger partial charge in [0.25, 0.3) is 5.91 Å². The van der Waals surface area contributed by atoms with Crippen LogP contribution >= 0.6 is 15.9 Å². The molecule has 0 aromatic carbocycles. The van der Waals surface area contributed by atoms with Gasteiger partial charge in [0, 0.05) is 35.3 Å². The van der Waals surface area contributed by atoms with Crippen LogP contribution in [0.5, 0.6) is 0 Å². The predicted molar refractivity (Wildman–Crippen MR) is 77.5 cm³/mol. The zero-order chi connectivity index (χ0) is 13.9. The quantitative estimate of drug-likeness (QED) is 0.875. The Labute approximate surface area is 126 Å². The van der Waals surface area contributed by atoms with Crippen molar-refractivity contribution in [2.75, 3.05) is 6.61 Å². The number of amides is 1. The third-order valence-corrected chi connectivity index (χ3v) is 5.17. The van der Waals surface area contributed by atoms with E-state index in [4.69, 9.17) is 10.5 Å². The first-order valence-corrected chi connectivity index (χ1v) is 8.00. The van der Waals surface area contributed by atoms with Crippen LogP contribution in [-0.4, -0.2) is 35.3 Å². The highest BCUT2D eigenvalue weighted by Gasteiger charge is 2.52. The Morgan fingerprint density at radius 3 is 3.00 bits per heavy atom. The first-order chi connectivity index (χ1) is 9.65. The number of rotatable bonds is 3. The topological polar surface area (TPSA) is 69.3 Å². The summed E-state index contributed by atoms with van der Waals surface area (Å²) < 4.78 is 8.67. The minimum absolute atomic E-state index is 0.0271. The minimum atomic E-state index is -0.0451. The van der Waals surface area contributed by atoms with Crippen molar-refractivity contribution in [2.45, 2.75) is 43.5 Å². The first-order valence-electron chi connectivity index (χ1n) is 7.20. The predicted octanol–water partition coefficient (Wildman–Crippen LogP) is 1.43. The highest BCUT2D eigenvalue weighted by Crippen LogP contribution is 2.39. The minimum Gasteiger partial charge on any atom is -0.376 e. The molecular weight excluding hydrogens is 322 g/mol. The molecule has 1 saturated heterocycles. The Kier molecular flexibility index (Phi) is 2.94. The number of hydrogen-bond donors (Lipinski definition) is 2. The fourth-order valence-electron chi connectivity index (χ4n) is 3.44. The average molecular weight is 340 g/mol. The number of fused-ring (bicyclic) bond motifs is 1. The van der Waals surface area contributed by atoms with Crippen molar-refractivity contribution < 1.29 is 9.53 Å². The lowest BCUT2D eigenvalue weighted by atomic mass is 9.72. The Morgan fingerprint density at radius 1 is 1.45 bits per heavy atom. The number of carbonyl (C=O) groups is 1. The first kappa shape index (κ1) is 12.9. The molecule has 3 N–H and O–H groups in total. The monoisotopic (exact) mass is 339 g/mol. The molecule has 2 saturated carbocycles. The van der Waals surface area contributed by atoms with Gasteiger partial charge in [-0.1, -0.05) is 0 Å². The summed E-state index contributed by atoms with van der Waals surface area (Å²) in [7, 11) is 0. The summed E-state index contributed by atoms with van der Waals surface area (Å²) in [6, 6.07) is 2.34. The third kappa shape index (κ3) is 1.93. The number of halogens is 1. The smallest absolute Gasteiger partial charge is 0.268 e. The van der Waals surface area contributed by atoms with Gasteiger partial charge in [0.05, 0.1) is 12.1 Å². The normalized spacial score (nSPS) is 35.5. The molecule has 20 heavy (non-hydrogen) atoms. The fraction of sp³-hybridized carbons (Fsp3) is 0.643. The second-order valence-electron chi connectivity index (χ2n) is 6.05. The van der Waals surface area contributed by atoms with E-state index >= 15 is 0 Å². The van der Waals surface area contributed by atoms with E-state index in [9.17, 15) is 4.79 Å². The van der Waals surface area contributed by atoms with Crippen LogP contribution in [0.1, 0.15) is 35.8 Å². The molecule has 1 aromatic heterocycles. The van der Waals surface area contributed by atoms with Crippen molar-refractivity contribution >= 4 is 21.8 Å². The molecule has 4 atom stereocenters. The van der Waals surface area contributed by atoms with Crippen LogP contribution in [0.15, 0.2) is 16.7 Å². The van der Waals surface area contributed by atoms with Crippen molar-refractivity contribution in [3.63, 3.8) is 0 Å². The molecule has 5 nitrogen and oxygen atoms in total. The van der Waals surface area contributed by atoms with E-state index in [0.717, 1.165) is 30.3 Å². The molecule has 2 aliphatic carbocycles. The van der Waals surface area contributed by atoms with Crippen molar-refractivity contribution in [1.82, 2.24) is 9.88 Å². The fourth-order valence-corrected chi connectivity index (χ4v) is 3.87. The summed E-state index contributed by atoms with van der Waals surface area (Å²) >= 11 is 3.45. The highest BCUT2D eigenvalue weighted by atomic mass is 79.9. The van der Waals surface area contributed by atoms with Gasteiger partial charge in [0.1, 0.15) is 5.69 Å². The largest absolute Gasteiger partial charge is 0.376 e. The van der Waals surface area contributed by atoms with Crippen molar-refractivity contribution in [1.29, 1.82) is 0 Å². The van der Waals surface area contributed by atoms with Crippen LogP contribution in [0.4, 0.5) is 0 Å². The number of aromatic nitrogens is 1.